The molecular weight excluding hydrogens is 712 g/mol. The van der Waals surface area contributed by atoms with Gasteiger partial charge in [0.05, 0.1) is 88.3 Å². The van der Waals surface area contributed by atoms with Gasteiger partial charge in [-0.3, -0.25) is 14.4 Å². The summed E-state index contributed by atoms with van der Waals surface area (Å²) in [5.74, 6) is -2.34. The molecule has 0 spiro atoms. The van der Waals surface area contributed by atoms with E-state index in [9.17, 15) is 24.3 Å². The van der Waals surface area contributed by atoms with Crippen molar-refractivity contribution in [2.45, 2.75) is 58.8 Å². The minimum absolute atomic E-state index is 0.0170. The topological polar surface area (TPSA) is 204 Å². The molecule has 3 amide bonds. The maximum atomic E-state index is 13.8. The molecule has 16 nitrogen and oxygen atoms in total. The molecule has 53 heavy (non-hydrogen) atoms. The van der Waals surface area contributed by atoms with Crippen LogP contribution in [0.2, 0.25) is 0 Å². The van der Waals surface area contributed by atoms with Gasteiger partial charge in [-0.25, -0.2) is 9.78 Å². The van der Waals surface area contributed by atoms with Gasteiger partial charge in [0, 0.05) is 19.5 Å². The molecule has 1 fully saturated rings. The molecule has 3 atom stereocenters. The predicted octanol–water partition coefficient (Wildman–Crippen LogP) is 1.41. The van der Waals surface area contributed by atoms with E-state index in [0.717, 1.165) is 21.7 Å². The quantitative estimate of drug-likeness (QED) is 0.106. The summed E-state index contributed by atoms with van der Waals surface area (Å²) < 4.78 is 31.8. The number of likely N-dealkylation sites (tertiary alicyclic amines) is 1. The number of hydrogen-bond acceptors (Lipinski definition) is 13. The van der Waals surface area contributed by atoms with E-state index in [4.69, 9.17) is 33.5 Å². The fraction of sp³-hybridized carbons (Fsp3) is 0.639. The summed E-state index contributed by atoms with van der Waals surface area (Å²) in [6.45, 7) is 10.1. The fourth-order valence-corrected chi connectivity index (χ4v) is 6.12. The van der Waals surface area contributed by atoms with E-state index >= 15 is 0 Å². The van der Waals surface area contributed by atoms with Crippen LogP contribution in [0.4, 0.5) is 0 Å². The van der Waals surface area contributed by atoms with Crippen LogP contribution in [-0.4, -0.2) is 148 Å². The molecule has 1 saturated heterocycles. The van der Waals surface area contributed by atoms with Crippen molar-refractivity contribution in [2.24, 2.45) is 5.41 Å². The summed E-state index contributed by atoms with van der Waals surface area (Å²) in [5.41, 5.74) is 4.01. The number of carbonyl (C=O) groups is 4. The molecule has 2 aromatic rings. The second-order valence-corrected chi connectivity index (χ2v) is 14.2. The van der Waals surface area contributed by atoms with Gasteiger partial charge in [0.25, 0.3) is 0 Å². The van der Waals surface area contributed by atoms with E-state index in [0.29, 0.717) is 39.6 Å². The van der Waals surface area contributed by atoms with Crippen LogP contribution in [0.1, 0.15) is 38.4 Å². The maximum absolute atomic E-state index is 13.8. The van der Waals surface area contributed by atoms with Gasteiger partial charge < -0.3 is 54.2 Å². The third-order valence-corrected chi connectivity index (χ3v) is 9.01. The minimum Gasteiger partial charge on any atom is -0.480 e. The van der Waals surface area contributed by atoms with E-state index in [1.807, 2.05) is 52.0 Å². The number of carboxylic acid groups (broad SMARTS) is 1. The predicted molar refractivity (Wildman–Crippen MR) is 194 cm³/mol. The number of carbonyl (C=O) groups excluding carboxylic acids is 3. The highest BCUT2D eigenvalue weighted by molar-refractivity contribution is 7.13. The lowest BCUT2D eigenvalue weighted by Gasteiger charge is -2.35. The Morgan fingerprint density at radius 1 is 0.868 bits per heavy atom. The number of rotatable bonds is 25. The smallest absolute Gasteiger partial charge is 0.329 e. The molecule has 1 aliphatic rings. The number of amides is 3. The molecule has 0 radical (unpaired) electrons. The van der Waals surface area contributed by atoms with Crippen LogP contribution >= 0.6 is 11.3 Å². The number of aryl methyl sites for hydroxylation is 1. The van der Waals surface area contributed by atoms with Gasteiger partial charge in [-0.15, -0.1) is 11.3 Å². The SMILES string of the molecule is Cc1ncsc1-c1ccc(CNC(=O)[C@H]2C[C@H](O)CN2C(=O)[C@@H](NC(=O)COCCOCCOCCOCCOCCOCC(=O)O)C(C)(C)C)cc1. The Balaban J connectivity index is 1.30. The number of aliphatic carboxylic acids is 1. The zero-order chi connectivity index (χ0) is 38.6. The van der Waals surface area contributed by atoms with E-state index in [1.165, 1.54) is 4.90 Å². The summed E-state index contributed by atoms with van der Waals surface area (Å²) in [6, 6.07) is 5.99. The van der Waals surface area contributed by atoms with Crippen LogP contribution in [0, 0.1) is 12.3 Å². The van der Waals surface area contributed by atoms with E-state index in [2.05, 4.69) is 15.6 Å². The van der Waals surface area contributed by atoms with E-state index in [-0.39, 0.29) is 65.1 Å². The summed E-state index contributed by atoms with van der Waals surface area (Å²) in [4.78, 5) is 57.0. The largest absolute Gasteiger partial charge is 0.480 e. The van der Waals surface area contributed by atoms with Crippen molar-refractivity contribution in [2.75, 3.05) is 85.8 Å². The average Bonchev–Trinajstić information content (AvgIpc) is 3.73. The lowest BCUT2D eigenvalue weighted by Crippen LogP contribution is -2.58. The molecule has 3 rings (SSSR count). The standard InChI is InChI=1S/C36H54N4O12S/c1-25-32(53-24-38-25)27-7-5-26(6-8-27)20-37-34(45)29-19-28(41)21-40(29)35(46)33(36(2,3)4)39-30(42)22-51-17-15-49-13-11-47-9-10-48-12-14-50-16-18-52-23-31(43)44/h5-8,24,28-29,33,41H,9-23H2,1-4H3,(H,37,45)(H,39,42)(H,43,44)/t28-,29+,33+/m0/s1. The first-order valence-electron chi connectivity index (χ1n) is 17.6. The normalized spacial score (nSPS) is 16.4. The Bertz CT molecular complexity index is 1420. The van der Waals surface area contributed by atoms with Crippen LogP contribution < -0.4 is 10.6 Å². The molecule has 2 heterocycles. The lowest BCUT2D eigenvalue weighted by atomic mass is 9.85. The van der Waals surface area contributed by atoms with Gasteiger partial charge in [-0.1, -0.05) is 45.0 Å². The van der Waals surface area contributed by atoms with Crippen molar-refractivity contribution in [1.29, 1.82) is 0 Å². The molecule has 1 aromatic carbocycles. The van der Waals surface area contributed by atoms with Gasteiger partial charge >= 0.3 is 5.97 Å². The number of thiazole rings is 1. The number of β-amino-alcohol motifs (C(OH)–C–C–N with tert-alkyl or cyclic N) is 1. The maximum Gasteiger partial charge on any atom is 0.329 e. The van der Waals surface area contributed by atoms with Gasteiger partial charge in [0.15, 0.2) is 0 Å². The van der Waals surface area contributed by atoms with Gasteiger partial charge in [0.1, 0.15) is 25.3 Å². The van der Waals surface area contributed by atoms with Crippen LogP contribution in [0.25, 0.3) is 10.4 Å². The van der Waals surface area contributed by atoms with E-state index in [1.54, 1.807) is 16.8 Å². The number of ether oxygens (including phenoxy) is 6. The van der Waals surface area contributed by atoms with Crippen LogP contribution in [0.5, 0.6) is 0 Å². The Morgan fingerprint density at radius 2 is 1.40 bits per heavy atom. The highest BCUT2D eigenvalue weighted by atomic mass is 32.1. The average molecular weight is 767 g/mol. The molecule has 17 heteroatoms. The molecular formula is C36H54N4O12S. The number of carboxylic acids is 1. The number of nitrogens with zero attached hydrogens (tertiary/aromatic N) is 2. The first-order valence-corrected chi connectivity index (χ1v) is 18.5. The van der Waals surface area contributed by atoms with Gasteiger partial charge in [0.2, 0.25) is 17.7 Å². The number of hydrogen-bond donors (Lipinski definition) is 4. The molecule has 0 saturated carbocycles. The zero-order valence-electron chi connectivity index (χ0n) is 31.0. The van der Waals surface area contributed by atoms with E-state index < -0.39 is 41.4 Å². The van der Waals surface area contributed by atoms with Crippen molar-refractivity contribution >= 4 is 35.0 Å². The molecule has 1 aromatic heterocycles. The minimum atomic E-state index is -1.02. The summed E-state index contributed by atoms with van der Waals surface area (Å²) >= 11 is 1.57. The Labute approximate surface area is 314 Å². The fourth-order valence-electron chi connectivity index (χ4n) is 5.30. The molecule has 0 unspecified atom stereocenters. The molecule has 1 aliphatic heterocycles. The molecule has 0 bridgehead atoms. The summed E-state index contributed by atoms with van der Waals surface area (Å²) in [6.07, 6.45) is -0.772. The first kappa shape index (κ1) is 43.9. The van der Waals surface area contributed by atoms with Crippen LogP contribution in [0.3, 0.4) is 0 Å². The first-order chi connectivity index (χ1) is 25.4. The number of benzene rings is 1. The van der Waals surface area contributed by atoms with Crippen molar-refractivity contribution in [3.63, 3.8) is 0 Å². The Hall–Kier alpha value is -3.55. The van der Waals surface area contributed by atoms with Crippen molar-refractivity contribution < 1.29 is 57.8 Å². The summed E-state index contributed by atoms with van der Waals surface area (Å²) in [5, 5.41) is 24.6. The zero-order valence-corrected chi connectivity index (χ0v) is 31.8. The molecule has 296 valence electrons. The Kier molecular flexibility index (Phi) is 19.3. The molecule has 4 N–H and O–H groups in total. The highest BCUT2D eigenvalue weighted by Gasteiger charge is 2.44. The second kappa shape index (κ2) is 23.3. The van der Waals surface area contributed by atoms with Crippen LogP contribution in [0.15, 0.2) is 29.8 Å². The third kappa shape index (κ3) is 16.2. The third-order valence-electron chi connectivity index (χ3n) is 8.03. The summed E-state index contributed by atoms with van der Waals surface area (Å²) in [7, 11) is 0. The molecule has 0 aliphatic carbocycles. The van der Waals surface area contributed by atoms with Crippen molar-refractivity contribution in [3.05, 3.63) is 41.0 Å². The number of aromatic nitrogens is 1. The number of nitrogens with one attached hydrogen (secondary N) is 2. The Morgan fingerprint density at radius 3 is 1.89 bits per heavy atom. The van der Waals surface area contributed by atoms with Crippen molar-refractivity contribution in [3.8, 4) is 10.4 Å². The number of aliphatic hydroxyl groups is 1. The monoisotopic (exact) mass is 766 g/mol. The van der Waals surface area contributed by atoms with Gasteiger partial charge in [-0.2, -0.15) is 0 Å². The van der Waals surface area contributed by atoms with Crippen LogP contribution in [-0.2, 0) is 54.1 Å². The highest BCUT2D eigenvalue weighted by Crippen LogP contribution is 2.28. The lowest BCUT2D eigenvalue weighted by molar-refractivity contribution is -0.144. The second-order valence-electron chi connectivity index (χ2n) is 13.4. The van der Waals surface area contributed by atoms with Gasteiger partial charge in [-0.05, 0) is 23.5 Å². The number of aliphatic hydroxyl groups excluding tert-OH is 1. The van der Waals surface area contributed by atoms with Crippen molar-refractivity contribution in [1.82, 2.24) is 20.5 Å².